The minimum atomic E-state index is -0.385. The number of carbonyl (C=O) groups is 1. The molecule has 0 unspecified atom stereocenters. The molecule has 2 saturated heterocycles. The van der Waals surface area contributed by atoms with Crippen LogP contribution in [0.1, 0.15) is 6.42 Å². The van der Waals surface area contributed by atoms with E-state index in [2.05, 4.69) is 0 Å². The molecular formula is C10H13NO3. The first-order valence-electron chi connectivity index (χ1n) is 5.30. The molecule has 76 valence electrons. The summed E-state index contributed by atoms with van der Waals surface area (Å²) in [5, 5.41) is 9.94. The van der Waals surface area contributed by atoms with E-state index in [1.54, 1.807) is 4.90 Å². The molecular weight excluding hydrogens is 182 g/mol. The maximum absolute atomic E-state index is 11.9. The van der Waals surface area contributed by atoms with Crippen LogP contribution in [0.4, 0.5) is 0 Å². The highest BCUT2D eigenvalue weighted by atomic mass is 16.5. The maximum atomic E-state index is 11.9. The fourth-order valence-electron chi connectivity index (χ4n) is 4.25. The zero-order chi connectivity index (χ0) is 9.61. The lowest BCUT2D eigenvalue weighted by Crippen LogP contribution is -2.42. The Balaban J connectivity index is 1.88. The SMILES string of the molecule is CN1C(=O)[C@@H]2[C@H]3C[C@H]4[C@H](O[C@@H]1[C@H]42)[C@@H]3O. The highest BCUT2D eigenvalue weighted by Gasteiger charge is 2.71. The van der Waals surface area contributed by atoms with Gasteiger partial charge in [-0.15, -0.1) is 0 Å². The molecule has 2 heterocycles. The van der Waals surface area contributed by atoms with Crippen LogP contribution in [0.25, 0.3) is 0 Å². The predicted molar refractivity (Wildman–Crippen MR) is 46.0 cm³/mol. The van der Waals surface area contributed by atoms with Gasteiger partial charge < -0.3 is 14.7 Å². The molecule has 14 heavy (non-hydrogen) atoms. The number of aliphatic hydroxyl groups excluding tert-OH is 1. The number of nitrogens with zero attached hydrogens (tertiary/aromatic N) is 1. The van der Waals surface area contributed by atoms with Crippen LogP contribution in [0, 0.1) is 23.7 Å². The number of rotatable bonds is 0. The molecule has 4 heteroatoms. The molecule has 2 saturated carbocycles. The summed E-state index contributed by atoms with van der Waals surface area (Å²) < 4.78 is 5.78. The normalized spacial score (nSPS) is 63.1. The van der Waals surface area contributed by atoms with Crippen molar-refractivity contribution in [3.8, 4) is 0 Å². The number of ether oxygens (including phenoxy) is 1. The summed E-state index contributed by atoms with van der Waals surface area (Å²) in [5.74, 6) is 1.25. The van der Waals surface area contributed by atoms with Crippen molar-refractivity contribution in [3.63, 3.8) is 0 Å². The van der Waals surface area contributed by atoms with Crippen LogP contribution in [0.15, 0.2) is 0 Å². The van der Waals surface area contributed by atoms with Crippen molar-refractivity contribution in [3.05, 3.63) is 0 Å². The molecule has 1 N–H and O–H groups in total. The van der Waals surface area contributed by atoms with Gasteiger partial charge in [-0.3, -0.25) is 4.79 Å². The molecule has 0 aromatic carbocycles. The second kappa shape index (κ2) is 1.99. The van der Waals surface area contributed by atoms with E-state index in [0.717, 1.165) is 6.42 Å². The van der Waals surface area contributed by atoms with Crippen molar-refractivity contribution in [2.75, 3.05) is 7.05 Å². The van der Waals surface area contributed by atoms with Crippen molar-refractivity contribution in [1.82, 2.24) is 4.90 Å². The Morgan fingerprint density at radius 1 is 1.50 bits per heavy atom. The maximum Gasteiger partial charge on any atom is 0.228 e. The predicted octanol–water partition coefficient (Wildman–Crippen LogP) is -0.574. The van der Waals surface area contributed by atoms with Gasteiger partial charge in [-0.1, -0.05) is 0 Å². The Morgan fingerprint density at radius 2 is 2.29 bits per heavy atom. The minimum Gasteiger partial charge on any atom is -0.390 e. The van der Waals surface area contributed by atoms with Gasteiger partial charge in [-0.05, 0) is 18.3 Å². The van der Waals surface area contributed by atoms with Crippen molar-refractivity contribution in [1.29, 1.82) is 0 Å². The van der Waals surface area contributed by atoms with Gasteiger partial charge in [0, 0.05) is 13.0 Å². The Morgan fingerprint density at radius 3 is 3.07 bits per heavy atom. The number of amides is 1. The Labute approximate surface area is 81.8 Å². The smallest absolute Gasteiger partial charge is 0.228 e. The topological polar surface area (TPSA) is 49.8 Å². The first-order chi connectivity index (χ1) is 6.70. The van der Waals surface area contributed by atoms with Gasteiger partial charge in [0.15, 0.2) is 0 Å². The van der Waals surface area contributed by atoms with E-state index in [1.807, 2.05) is 7.05 Å². The lowest BCUT2D eigenvalue weighted by molar-refractivity contribution is -0.148. The first kappa shape index (κ1) is 7.65. The number of likely N-dealkylation sites (tertiary alicyclic amines) is 1. The van der Waals surface area contributed by atoms with Gasteiger partial charge in [0.2, 0.25) is 5.91 Å². The van der Waals surface area contributed by atoms with Crippen molar-refractivity contribution >= 4 is 5.91 Å². The standard InChI is InChI=1S/C10H13NO3/c1-11-9(13)5-3-2-4-6(5)10(11)14-8(4)7(3)12/h3-8,10,12H,2H2,1H3/t3-,4-,5-,6-,7-,8+,10-/m1/s1. The summed E-state index contributed by atoms with van der Waals surface area (Å²) in [6.07, 6.45) is 0.590. The van der Waals surface area contributed by atoms with E-state index in [9.17, 15) is 9.90 Å². The second-order valence-corrected chi connectivity index (χ2v) is 5.10. The number of carbonyl (C=O) groups excluding carboxylic acids is 1. The van der Waals surface area contributed by atoms with Gasteiger partial charge in [-0.25, -0.2) is 0 Å². The number of aliphatic hydroxyl groups is 1. The largest absolute Gasteiger partial charge is 0.390 e. The summed E-state index contributed by atoms with van der Waals surface area (Å²) in [5.41, 5.74) is 0. The summed E-state index contributed by atoms with van der Waals surface area (Å²) in [6.45, 7) is 0. The van der Waals surface area contributed by atoms with Crippen LogP contribution < -0.4 is 0 Å². The summed E-state index contributed by atoms with van der Waals surface area (Å²) in [6, 6.07) is 0. The van der Waals surface area contributed by atoms with Gasteiger partial charge in [0.05, 0.1) is 18.1 Å². The summed E-state index contributed by atoms with van der Waals surface area (Å²) in [4.78, 5) is 13.6. The summed E-state index contributed by atoms with van der Waals surface area (Å²) >= 11 is 0. The molecule has 4 nitrogen and oxygen atoms in total. The van der Waals surface area contributed by atoms with E-state index in [1.165, 1.54) is 0 Å². The molecule has 4 rings (SSSR count). The van der Waals surface area contributed by atoms with Crippen LogP contribution in [0.5, 0.6) is 0 Å². The zero-order valence-corrected chi connectivity index (χ0v) is 7.96. The fraction of sp³-hybridized carbons (Fsp3) is 0.900. The third kappa shape index (κ3) is 0.547. The molecule has 7 atom stereocenters. The molecule has 2 aliphatic heterocycles. The Hall–Kier alpha value is -0.610. The average Bonchev–Trinajstić information content (AvgIpc) is 2.78. The second-order valence-electron chi connectivity index (χ2n) is 5.10. The quantitative estimate of drug-likeness (QED) is 0.563. The van der Waals surface area contributed by atoms with E-state index in [0.29, 0.717) is 11.8 Å². The Kier molecular flexibility index (Phi) is 1.09. The van der Waals surface area contributed by atoms with Gasteiger partial charge >= 0.3 is 0 Å². The van der Waals surface area contributed by atoms with Gasteiger partial charge in [0.1, 0.15) is 6.23 Å². The number of hydrogen-bond acceptors (Lipinski definition) is 3. The van der Waals surface area contributed by atoms with Crippen molar-refractivity contribution in [2.24, 2.45) is 23.7 Å². The van der Waals surface area contributed by atoms with E-state index < -0.39 is 0 Å². The van der Waals surface area contributed by atoms with E-state index >= 15 is 0 Å². The third-order valence-electron chi connectivity index (χ3n) is 4.75. The fourth-order valence-corrected chi connectivity index (χ4v) is 4.25. The molecule has 1 amide bonds. The van der Waals surface area contributed by atoms with E-state index in [4.69, 9.17) is 4.74 Å². The molecule has 0 aromatic rings. The molecule has 0 radical (unpaired) electrons. The van der Waals surface area contributed by atoms with Crippen LogP contribution in [0.3, 0.4) is 0 Å². The van der Waals surface area contributed by atoms with Crippen LogP contribution in [-0.4, -0.2) is 41.4 Å². The lowest BCUT2D eigenvalue weighted by Gasteiger charge is -2.28. The third-order valence-corrected chi connectivity index (χ3v) is 4.75. The molecule has 2 bridgehead atoms. The number of hydrogen-bond donors (Lipinski definition) is 1. The first-order valence-corrected chi connectivity index (χ1v) is 5.30. The average molecular weight is 195 g/mol. The highest BCUT2D eigenvalue weighted by Crippen LogP contribution is 2.63. The van der Waals surface area contributed by atoms with Crippen molar-refractivity contribution in [2.45, 2.75) is 24.9 Å². The van der Waals surface area contributed by atoms with Gasteiger partial charge in [-0.2, -0.15) is 0 Å². The van der Waals surface area contributed by atoms with Crippen molar-refractivity contribution < 1.29 is 14.6 Å². The molecule has 4 aliphatic rings. The molecule has 2 aliphatic carbocycles. The lowest BCUT2D eigenvalue weighted by atomic mass is 9.80. The number of fused-ring (bicyclic) bond motifs is 2. The minimum absolute atomic E-state index is 0.0156. The Bertz CT molecular complexity index is 331. The molecule has 4 fully saturated rings. The zero-order valence-electron chi connectivity index (χ0n) is 7.96. The molecule has 0 aromatic heterocycles. The van der Waals surface area contributed by atoms with Crippen LogP contribution in [-0.2, 0) is 9.53 Å². The van der Waals surface area contributed by atoms with Crippen LogP contribution in [0.2, 0.25) is 0 Å². The van der Waals surface area contributed by atoms with Crippen LogP contribution >= 0.6 is 0 Å². The summed E-state index contributed by atoms with van der Waals surface area (Å²) in [7, 11) is 1.82. The van der Waals surface area contributed by atoms with E-state index in [-0.39, 0.29) is 36.2 Å². The van der Waals surface area contributed by atoms with Gasteiger partial charge in [0.25, 0.3) is 0 Å². The highest BCUT2D eigenvalue weighted by molar-refractivity contribution is 5.83. The molecule has 0 spiro atoms. The monoisotopic (exact) mass is 195 g/mol.